The van der Waals surface area contributed by atoms with Gasteiger partial charge in [0, 0.05) is 56.9 Å². The number of aromatic nitrogens is 3. The van der Waals surface area contributed by atoms with Crippen LogP contribution in [0.2, 0.25) is 5.02 Å². The lowest BCUT2D eigenvalue weighted by molar-refractivity contribution is 0.0980. The number of rotatable bonds is 6. The van der Waals surface area contributed by atoms with Crippen molar-refractivity contribution in [3.8, 4) is 0 Å². The number of nitrogens with zero attached hydrogens (tertiary/aromatic N) is 6. The standard InChI is InChI=1S/C22H31ClN6S/c23-19-6-4-18(5-7-19)16-25-12-14-26(15-13-25)17-28-22(30)29(20-8-9-20)21(24-28)27-10-2-1-3-11-27/h4-7,20H,1-3,8-17H2. The summed E-state index contributed by atoms with van der Waals surface area (Å²) in [6.07, 6.45) is 6.34. The van der Waals surface area contributed by atoms with Gasteiger partial charge in [-0.3, -0.25) is 14.4 Å². The molecule has 8 heteroatoms. The summed E-state index contributed by atoms with van der Waals surface area (Å²) in [6.45, 7) is 8.24. The summed E-state index contributed by atoms with van der Waals surface area (Å²) in [5, 5.41) is 5.82. The maximum absolute atomic E-state index is 6.01. The number of piperazine rings is 1. The average molecular weight is 447 g/mol. The highest BCUT2D eigenvalue weighted by atomic mass is 35.5. The smallest absolute Gasteiger partial charge is 0.226 e. The maximum atomic E-state index is 6.01. The largest absolute Gasteiger partial charge is 0.341 e. The fraction of sp³-hybridized carbons (Fsp3) is 0.636. The van der Waals surface area contributed by atoms with Crippen LogP contribution in [0, 0.1) is 4.77 Å². The Labute approximate surface area is 189 Å². The van der Waals surface area contributed by atoms with Crippen LogP contribution < -0.4 is 4.90 Å². The molecule has 3 aliphatic rings. The van der Waals surface area contributed by atoms with Crippen LogP contribution >= 0.6 is 23.8 Å². The molecule has 0 N–H and O–H groups in total. The normalized spacial score (nSPS) is 21.3. The Morgan fingerprint density at radius 2 is 1.57 bits per heavy atom. The molecule has 0 unspecified atom stereocenters. The van der Waals surface area contributed by atoms with Crippen molar-refractivity contribution < 1.29 is 0 Å². The van der Waals surface area contributed by atoms with Crippen molar-refractivity contribution in [3.05, 3.63) is 39.6 Å². The third-order valence-corrected chi connectivity index (χ3v) is 7.18. The summed E-state index contributed by atoms with van der Waals surface area (Å²) in [4.78, 5) is 7.46. The SMILES string of the molecule is S=c1n(CN2CCN(Cc3ccc(Cl)cc3)CC2)nc(N2CCCCC2)n1C1CC1. The van der Waals surface area contributed by atoms with Gasteiger partial charge < -0.3 is 4.90 Å². The van der Waals surface area contributed by atoms with Gasteiger partial charge in [-0.2, -0.15) is 0 Å². The minimum Gasteiger partial charge on any atom is -0.341 e. The van der Waals surface area contributed by atoms with E-state index in [1.54, 1.807) is 0 Å². The molecule has 0 amide bonds. The van der Waals surface area contributed by atoms with E-state index < -0.39 is 0 Å². The van der Waals surface area contributed by atoms with E-state index in [1.807, 2.05) is 12.1 Å². The molecule has 162 valence electrons. The van der Waals surface area contributed by atoms with Gasteiger partial charge in [-0.1, -0.05) is 23.7 Å². The predicted molar refractivity (Wildman–Crippen MR) is 124 cm³/mol. The highest BCUT2D eigenvalue weighted by Gasteiger charge is 2.31. The summed E-state index contributed by atoms with van der Waals surface area (Å²) in [6, 6.07) is 8.77. The molecule has 0 radical (unpaired) electrons. The van der Waals surface area contributed by atoms with Crippen molar-refractivity contribution in [2.45, 2.75) is 51.4 Å². The highest BCUT2D eigenvalue weighted by Crippen LogP contribution is 2.38. The van der Waals surface area contributed by atoms with Crippen molar-refractivity contribution >= 4 is 29.8 Å². The Bertz CT molecular complexity index is 905. The van der Waals surface area contributed by atoms with E-state index in [0.717, 1.165) is 68.2 Å². The number of benzene rings is 1. The van der Waals surface area contributed by atoms with Gasteiger partial charge in [0.1, 0.15) is 0 Å². The molecule has 1 aromatic carbocycles. The molecule has 2 aromatic rings. The lowest BCUT2D eigenvalue weighted by Crippen LogP contribution is -2.46. The third kappa shape index (κ3) is 4.59. The molecule has 3 fully saturated rings. The van der Waals surface area contributed by atoms with Gasteiger partial charge in [0.15, 0.2) is 0 Å². The van der Waals surface area contributed by atoms with Crippen LogP contribution in [0.1, 0.15) is 43.7 Å². The summed E-state index contributed by atoms with van der Waals surface area (Å²) in [5.74, 6) is 1.11. The van der Waals surface area contributed by atoms with E-state index in [4.69, 9.17) is 28.9 Å². The van der Waals surface area contributed by atoms with Gasteiger partial charge in [-0.15, -0.1) is 5.10 Å². The summed E-state index contributed by atoms with van der Waals surface area (Å²) in [7, 11) is 0. The van der Waals surface area contributed by atoms with Crippen LogP contribution in [0.3, 0.4) is 0 Å². The van der Waals surface area contributed by atoms with Gasteiger partial charge in [0.25, 0.3) is 0 Å². The van der Waals surface area contributed by atoms with Crippen LogP contribution in [0.15, 0.2) is 24.3 Å². The average Bonchev–Trinajstić information content (AvgIpc) is 3.56. The Kier molecular flexibility index (Phi) is 6.14. The van der Waals surface area contributed by atoms with Gasteiger partial charge in [-0.25, -0.2) is 4.68 Å². The molecule has 0 spiro atoms. The number of halogens is 1. The van der Waals surface area contributed by atoms with Crippen LogP contribution in [0.25, 0.3) is 0 Å². The van der Waals surface area contributed by atoms with Gasteiger partial charge in [0.05, 0.1) is 6.67 Å². The number of hydrogen-bond acceptors (Lipinski definition) is 5. The first-order chi connectivity index (χ1) is 14.7. The first-order valence-corrected chi connectivity index (χ1v) is 12.1. The molecule has 2 saturated heterocycles. The molecule has 1 aliphatic carbocycles. The molecule has 2 aliphatic heterocycles. The minimum absolute atomic E-state index is 0.569. The minimum atomic E-state index is 0.569. The summed E-state index contributed by atoms with van der Waals surface area (Å²) < 4.78 is 5.32. The summed E-state index contributed by atoms with van der Waals surface area (Å²) >= 11 is 11.9. The van der Waals surface area contributed by atoms with Gasteiger partial charge in [0.2, 0.25) is 10.7 Å². The zero-order valence-corrected chi connectivity index (χ0v) is 19.1. The molecule has 30 heavy (non-hydrogen) atoms. The van der Waals surface area contributed by atoms with Crippen molar-refractivity contribution in [1.82, 2.24) is 24.1 Å². The Balaban J connectivity index is 1.22. The van der Waals surface area contributed by atoms with E-state index in [0.29, 0.717) is 6.04 Å². The molecule has 0 atom stereocenters. The fourth-order valence-electron chi connectivity index (χ4n) is 4.59. The second-order valence-corrected chi connectivity index (χ2v) is 9.69. The second-order valence-electron chi connectivity index (χ2n) is 8.89. The molecule has 5 rings (SSSR count). The summed E-state index contributed by atoms with van der Waals surface area (Å²) in [5.41, 5.74) is 1.32. The Morgan fingerprint density at radius 3 is 2.23 bits per heavy atom. The zero-order chi connectivity index (χ0) is 20.5. The van der Waals surface area contributed by atoms with Crippen LogP contribution in [-0.4, -0.2) is 63.4 Å². The second kappa shape index (κ2) is 8.99. The highest BCUT2D eigenvalue weighted by molar-refractivity contribution is 7.71. The van der Waals surface area contributed by atoms with Crippen molar-refractivity contribution in [2.24, 2.45) is 0 Å². The molecule has 6 nitrogen and oxygen atoms in total. The Hall–Kier alpha value is -1.41. The predicted octanol–water partition coefficient (Wildman–Crippen LogP) is 4.17. The first kappa shape index (κ1) is 20.5. The molecule has 3 heterocycles. The van der Waals surface area contributed by atoms with E-state index in [2.05, 4.69) is 36.1 Å². The molecule has 1 saturated carbocycles. The number of hydrogen-bond donors (Lipinski definition) is 0. The molecule has 1 aromatic heterocycles. The quantitative estimate of drug-likeness (QED) is 0.622. The van der Waals surface area contributed by atoms with E-state index in [1.165, 1.54) is 37.7 Å². The van der Waals surface area contributed by atoms with Crippen LogP contribution in [0.5, 0.6) is 0 Å². The molecular formula is C22H31ClN6S. The van der Waals surface area contributed by atoms with Crippen molar-refractivity contribution in [1.29, 1.82) is 0 Å². The van der Waals surface area contributed by atoms with Gasteiger partial charge >= 0.3 is 0 Å². The van der Waals surface area contributed by atoms with Gasteiger partial charge in [-0.05, 0) is 62.0 Å². The third-order valence-electron chi connectivity index (χ3n) is 6.52. The fourth-order valence-corrected chi connectivity index (χ4v) is 5.04. The molecule has 0 bridgehead atoms. The topological polar surface area (TPSA) is 32.5 Å². The van der Waals surface area contributed by atoms with Crippen LogP contribution in [0.4, 0.5) is 5.95 Å². The monoisotopic (exact) mass is 446 g/mol. The maximum Gasteiger partial charge on any atom is 0.226 e. The van der Waals surface area contributed by atoms with Crippen molar-refractivity contribution in [2.75, 3.05) is 44.2 Å². The van der Waals surface area contributed by atoms with E-state index in [-0.39, 0.29) is 0 Å². The lowest BCUT2D eigenvalue weighted by Gasteiger charge is -2.34. The zero-order valence-electron chi connectivity index (χ0n) is 17.5. The molecular weight excluding hydrogens is 416 g/mol. The van der Waals surface area contributed by atoms with E-state index >= 15 is 0 Å². The van der Waals surface area contributed by atoms with E-state index in [9.17, 15) is 0 Å². The number of anilines is 1. The Morgan fingerprint density at radius 1 is 0.900 bits per heavy atom. The lowest BCUT2D eigenvalue weighted by atomic mass is 10.1. The first-order valence-electron chi connectivity index (χ1n) is 11.3. The van der Waals surface area contributed by atoms with Crippen LogP contribution in [-0.2, 0) is 13.2 Å². The van der Waals surface area contributed by atoms with Crippen molar-refractivity contribution in [3.63, 3.8) is 0 Å². The number of piperidine rings is 1.